The second kappa shape index (κ2) is 8.53. The van der Waals surface area contributed by atoms with Gasteiger partial charge in [0, 0.05) is 17.1 Å². The molecule has 3 amide bonds. The first-order valence-corrected chi connectivity index (χ1v) is 8.39. The number of carboxylic acid groups (broad SMARTS) is 1. The number of amides is 3. The summed E-state index contributed by atoms with van der Waals surface area (Å²) in [7, 11) is 0. The minimum atomic E-state index is -1.08. The van der Waals surface area contributed by atoms with Crippen LogP contribution in [0.15, 0.2) is 78.9 Å². The molecule has 4 N–H and O–H groups in total. The van der Waals surface area contributed by atoms with E-state index in [1.54, 1.807) is 12.1 Å². The predicted molar refractivity (Wildman–Crippen MR) is 106 cm³/mol. The van der Waals surface area contributed by atoms with Crippen LogP contribution in [-0.2, 0) is 6.42 Å². The third-order valence-electron chi connectivity index (χ3n) is 3.86. The van der Waals surface area contributed by atoms with Crippen molar-refractivity contribution in [1.82, 2.24) is 0 Å². The van der Waals surface area contributed by atoms with Crippen LogP contribution in [0.4, 0.5) is 26.7 Å². The molecule has 27 heavy (non-hydrogen) atoms. The molecule has 3 aromatic rings. The lowest BCUT2D eigenvalue weighted by atomic mass is 10.0. The van der Waals surface area contributed by atoms with E-state index in [9.17, 15) is 9.59 Å². The fraction of sp³-hybridized carbons (Fsp3) is 0.0476. The number of hydrogen-bond acceptors (Lipinski definition) is 2. The van der Waals surface area contributed by atoms with Gasteiger partial charge in [0.05, 0.1) is 0 Å². The minimum Gasteiger partial charge on any atom is -0.465 e. The monoisotopic (exact) mass is 361 g/mol. The van der Waals surface area contributed by atoms with E-state index in [1.807, 2.05) is 66.7 Å². The molecule has 0 aromatic heterocycles. The zero-order chi connectivity index (χ0) is 19.1. The van der Waals surface area contributed by atoms with Crippen LogP contribution in [0.25, 0.3) is 0 Å². The summed E-state index contributed by atoms with van der Waals surface area (Å²) in [4.78, 5) is 22.6. The lowest BCUT2D eigenvalue weighted by Crippen LogP contribution is -2.19. The van der Waals surface area contributed by atoms with E-state index in [0.29, 0.717) is 17.8 Å². The summed E-state index contributed by atoms with van der Waals surface area (Å²) in [5.74, 6) is 0. The van der Waals surface area contributed by atoms with Crippen molar-refractivity contribution in [2.45, 2.75) is 6.42 Å². The zero-order valence-electron chi connectivity index (χ0n) is 14.5. The molecule has 0 aliphatic rings. The van der Waals surface area contributed by atoms with E-state index in [4.69, 9.17) is 5.11 Å². The van der Waals surface area contributed by atoms with Crippen LogP contribution in [0.2, 0.25) is 0 Å². The van der Waals surface area contributed by atoms with Gasteiger partial charge in [-0.15, -0.1) is 0 Å². The molecule has 0 bridgehead atoms. The Morgan fingerprint density at radius 1 is 0.630 bits per heavy atom. The van der Waals surface area contributed by atoms with Gasteiger partial charge >= 0.3 is 12.1 Å². The third kappa shape index (κ3) is 5.61. The van der Waals surface area contributed by atoms with Crippen LogP contribution < -0.4 is 16.0 Å². The molecule has 136 valence electrons. The van der Waals surface area contributed by atoms with E-state index in [2.05, 4.69) is 16.0 Å². The molecule has 0 aliphatic heterocycles. The molecule has 0 saturated heterocycles. The number of hydrogen-bond donors (Lipinski definition) is 4. The molecule has 0 unspecified atom stereocenters. The normalized spacial score (nSPS) is 10.1. The molecule has 3 aromatic carbocycles. The van der Waals surface area contributed by atoms with E-state index < -0.39 is 6.09 Å². The molecule has 0 saturated carbocycles. The van der Waals surface area contributed by atoms with Crippen molar-refractivity contribution in [1.29, 1.82) is 0 Å². The number of rotatable bonds is 5. The van der Waals surface area contributed by atoms with Gasteiger partial charge in [-0.05, 0) is 53.9 Å². The maximum atomic E-state index is 12.0. The number of para-hydroxylation sites is 1. The Morgan fingerprint density at radius 3 is 1.56 bits per heavy atom. The maximum absolute atomic E-state index is 12.0. The lowest BCUT2D eigenvalue weighted by molar-refractivity contribution is 0.209. The fourth-order valence-electron chi connectivity index (χ4n) is 2.59. The molecule has 6 nitrogen and oxygen atoms in total. The Kier molecular flexibility index (Phi) is 5.69. The van der Waals surface area contributed by atoms with Gasteiger partial charge in [-0.2, -0.15) is 0 Å². The van der Waals surface area contributed by atoms with Crippen LogP contribution in [0, 0.1) is 0 Å². The number of carbonyl (C=O) groups excluding carboxylic acids is 1. The summed E-state index contributed by atoms with van der Waals surface area (Å²) in [6.45, 7) is 0. The highest BCUT2D eigenvalue weighted by atomic mass is 16.4. The Morgan fingerprint density at radius 2 is 1.07 bits per heavy atom. The first-order chi connectivity index (χ1) is 13.1. The number of anilines is 3. The molecule has 0 fully saturated rings. The third-order valence-corrected chi connectivity index (χ3v) is 3.86. The van der Waals surface area contributed by atoms with Crippen LogP contribution >= 0.6 is 0 Å². The Balaban J connectivity index is 1.55. The molecule has 3 rings (SSSR count). The Bertz CT molecular complexity index is 908. The summed E-state index contributed by atoms with van der Waals surface area (Å²) in [5, 5.41) is 16.6. The van der Waals surface area contributed by atoms with Crippen LogP contribution in [0.1, 0.15) is 11.1 Å². The second-order valence-electron chi connectivity index (χ2n) is 5.95. The summed E-state index contributed by atoms with van der Waals surface area (Å²) in [5.41, 5.74) is 4.12. The van der Waals surface area contributed by atoms with Gasteiger partial charge in [-0.25, -0.2) is 9.59 Å². The first kappa shape index (κ1) is 18.0. The van der Waals surface area contributed by atoms with Gasteiger partial charge in [-0.1, -0.05) is 42.5 Å². The van der Waals surface area contributed by atoms with Gasteiger partial charge in [0.1, 0.15) is 0 Å². The summed E-state index contributed by atoms with van der Waals surface area (Å²) < 4.78 is 0. The second-order valence-corrected chi connectivity index (χ2v) is 5.95. The van der Waals surface area contributed by atoms with E-state index >= 15 is 0 Å². The Labute approximate surface area is 156 Å². The summed E-state index contributed by atoms with van der Waals surface area (Å²) >= 11 is 0. The first-order valence-electron chi connectivity index (χ1n) is 8.39. The molecule has 0 heterocycles. The standard InChI is InChI=1S/C21H19N3O3/c25-20(22-17-4-2-1-3-5-17)23-18-10-6-15(7-11-18)14-16-8-12-19(13-9-16)24-21(26)27/h1-13,24H,14H2,(H,26,27)(H2,22,23,25). The fourth-order valence-corrected chi connectivity index (χ4v) is 2.59. The van der Waals surface area contributed by atoms with Crippen molar-refractivity contribution in [3.05, 3.63) is 90.0 Å². The van der Waals surface area contributed by atoms with E-state index in [1.165, 1.54) is 0 Å². The molecule has 0 spiro atoms. The minimum absolute atomic E-state index is 0.296. The maximum Gasteiger partial charge on any atom is 0.409 e. The van der Waals surface area contributed by atoms with Gasteiger partial charge < -0.3 is 15.7 Å². The van der Waals surface area contributed by atoms with Crippen molar-refractivity contribution < 1.29 is 14.7 Å². The molecule has 0 aliphatic carbocycles. The Hall–Kier alpha value is -3.80. The summed E-state index contributed by atoms with van der Waals surface area (Å²) in [6, 6.07) is 23.7. The largest absolute Gasteiger partial charge is 0.465 e. The van der Waals surface area contributed by atoms with Gasteiger partial charge in [-0.3, -0.25) is 5.32 Å². The van der Waals surface area contributed by atoms with Crippen molar-refractivity contribution >= 4 is 29.2 Å². The highest BCUT2D eigenvalue weighted by Crippen LogP contribution is 2.16. The van der Waals surface area contributed by atoms with Crippen LogP contribution in [0.3, 0.4) is 0 Å². The van der Waals surface area contributed by atoms with Crippen molar-refractivity contribution in [3.63, 3.8) is 0 Å². The van der Waals surface area contributed by atoms with Crippen molar-refractivity contribution in [3.8, 4) is 0 Å². The van der Waals surface area contributed by atoms with Crippen molar-refractivity contribution in [2.24, 2.45) is 0 Å². The predicted octanol–water partition coefficient (Wildman–Crippen LogP) is 5.01. The number of nitrogens with one attached hydrogen (secondary N) is 3. The van der Waals surface area contributed by atoms with E-state index in [0.717, 1.165) is 16.8 Å². The topological polar surface area (TPSA) is 90.5 Å². The molecular weight excluding hydrogens is 342 g/mol. The quantitative estimate of drug-likeness (QED) is 0.515. The van der Waals surface area contributed by atoms with Crippen LogP contribution in [0.5, 0.6) is 0 Å². The molecular formula is C21H19N3O3. The molecule has 0 atom stereocenters. The number of benzene rings is 3. The highest BCUT2D eigenvalue weighted by molar-refractivity contribution is 5.99. The van der Waals surface area contributed by atoms with Gasteiger partial charge in [0.25, 0.3) is 0 Å². The lowest BCUT2D eigenvalue weighted by Gasteiger charge is -2.09. The average Bonchev–Trinajstić information content (AvgIpc) is 2.65. The van der Waals surface area contributed by atoms with Crippen molar-refractivity contribution in [2.75, 3.05) is 16.0 Å². The summed E-state index contributed by atoms with van der Waals surface area (Å²) in [6.07, 6.45) is -0.369. The highest BCUT2D eigenvalue weighted by Gasteiger charge is 2.03. The van der Waals surface area contributed by atoms with Gasteiger partial charge in [0.15, 0.2) is 0 Å². The average molecular weight is 361 g/mol. The SMILES string of the molecule is O=C(O)Nc1ccc(Cc2ccc(NC(=O)Nc3ccccc3)cc2)cc1. The van der Waals surface area contributed by atoms with Crippen LogP contribution in [-0.4, -0.2) is 17.2 Å². The zero-order valence-corrected chi connectivity index (χ0v) is 14.5. The number of carbonyl (C=O) groups is 2. The smallest absolute Gasteiger partial charge is 0.409 e. The van der Waals surface area contributed by atoms with E-state index in [-0.39, 0.29) is 6.03 Å². The number of urea groups is 1. The molecule has 6 heteroatoms. The van der Waals surface area contributed by atoms with Gasteiger partial charge in [0.2, 0.25) is 0 Å². The molecule has 0 radical (unpaired) electrons.